The van der Waals surface area contributed by atoms with Crippen LogP contribution in [-0.2, 0) is 17.6 Å². The van der Waals surface area contributed by atoms with Gasteiger partial charge < -0.3 is 4.74 Å². The van der Waals surface area contributed by atoms with E-state index in [0.717, 1.165) is 18.4 Å². The van der Waals surface area contributed by atoms with E-state index in [1.54, 1.807) is 0 Å². The van der Waals surface area contributed by atoms with Crippen LogP contribution in [0.25, 0.3) is 0 Å². The van der Waals surface area contributed by atoms with Crippen LogP contribution in [0, 0.1) is 0 Å². The summed E-state index contributed by atoms with van der Waals surface area (Å²) in [4.78, 5) is 11.9. The molecule has 0 aliphatic heterocycles. The minimum absolute atomic E-state index is 0.296. The maximum atomic E-state index is 11.9. The highest BCUT2D eigenvalue weighted by Crippen LogP contribution is 2.20. The third kappa shape index (κ3) is 3.90. The average Bonchev–Trinajstić information content (AvgIpc) is 2.64. The predicted octanol–water partition coefficient (Wildman–Crippen LogP) is 4.65. The molecular formula is C22H20O2. The Kier molecular flexibility index (Phi) is 5.07. The van der Waals surface area contributed by atoms with E-state index in [1.165, 1.54) is 23.8 Å². The van der Waals surface area contributed by atoms with Gasteiger partial charge in [-0.3, -0.25) is 0 Å². The number of methoxy groups -OCH3 is 1. The summed E-state index contributed by atoms with van der Waals surface area (Å²) >= 11 is 0. The molecule has 0 unspecified atom stereocenters. The molecule has 3 aromatic rings. The number of hydrogen-bond donors (Lipinski definition) is 0. The fourth-order valence-electron chi connectivity index (χ4n) is 2.84. The van der Waals surface area contributed by atoms with Gasteiger partial charge in [-0.2, -0.15) is 0 Å². The van der Waals surface area contributed by atoms with E-state index in [0.29, 0.717) is 5.56 Å². The number of rotatable bonds is 5. The van der Waals surface area contributed by atoms with Gasteiger partial charge in [0.05, 0.1) is 12.7 Å². The number of hydrogen-bond acceptors (Lipinski definition) is 2. The first-order chi connectivity index (χ1) is 11.8. The van der Waals surface area contributed by atoms with Crippen molar-refractivity contribution >= 4 is 5.97 Å². The lowest BCUT2D eigenvalue weighted by Crippen LogP contribution is -2.05. The van der Waals surface area contributed by atoms with Crippen molar-refractivity contribution in [3.8, 4) is 0 Å². The van der Waals surface area contributed by atoms with Crippen LogP contribution in [0.15, 0.2) is 78.9 Å². The second kappa shape index (κ2) is 7.60. The summed E-state index contributed by atoms with van der Waals surface area (Å²) in [6.07, 6.45) is 1.65. The molecular weight excluding hydrogens is 296 g/mol. The quantitative estimate of drug-likeness (QED) is 0.640. The molecule has 0 heterocycles. The molecule has 0 amide bonds. The van der Waals surface area contributed by atoms with Crippen molar-refractivity contribution in [3.63, 3.8) is 0 Å². The number of benzene rings is 3. The molecule has 2 nitrogen and oxygen atoms in total. The Hall–Kier alpha value is -2.87. The van der Waals surface area contributed by atoms with Crippen LogP contribution in [0.3, 0.4) is 0 Å². The van der Waals surface area contributed by atoms with Gasteiger partial charge in [-0.1, -0.05) is 66.7 Å². The molecule has 0 spiro atoms. The minimum atomic E-state index is -0.296. The van der Waals surface area contributed by atoms with E-state index in [4.69, 9.17) is 4.74 Å². The standard InChI is InChI=1S/C22H20O2/c1-24-22(23)20-13-12-19(14-17-8-4-2-5-9-17)21(16-20)15-18-10-6-3-7-11-18/h2-13,16H,14-15H2,1H3. The van der Waals surface area contributed by atoms with Crippen LogP contribution < -0.4 is 0 Å². The van der Waals surface area contributed by atoms with Crippen LogP contribution in [-0.4, -0.2) is 13.1 Å². The zero-order chi connectivity index (χ0) is 16.8. The molecule has 120 valence electrons. The second-order valence-corrected chi connectivity index (χ2v) is 5.80. The summed E-state index contributed by atoms with van der Waals surface area (Å²) in [7, 11) is 1.41. The topological polar surface area (TPSA) is 26.3 Å². The largest absolute Gasteiger partial charge is 0.465 e. The van der Waals surface area contributed by atoms with Crippen molar-refractivity contribution in [3.05, 3.63) is 107 Å². The fraction of sp³-hybridized carbons (Fsp3) is 0.136. The third-order valence-corrected chi connectivity index (χ3v) is 4.10. The van der Waals surface area contributed by atoms with E-state index in [1.807, 2.05) is 42.5 Å². The van der Waals surface area contributed by atoms with Crippen molar-refractivity contribution in [1.29, 1.82) is 0 Å². The van der Waals surface area contributed by atoms with Crippen LogP contribution >= 0.6 is 0 Å². The van der Waals surface area contributed by atoms with Gasteiger partial charge in [-0.25, -0.2) is 4.79 Å². The minimum Gasteiger partial charge on any atom is -0.465 e. The number of carbonyl (C=O) groups is 1. The highest BCUT2D eigenvalue weighted by Gasteiger charge is 2.11. The Morgan fingerprint density at radius 2 is 1.29 bits per heavy atom. The monoisotopic (exact) mass is 316 g/mol. The summed E-state index contributed by atoms with van der Waals surface area (Å²) in [5.74, 6) is -0.296. The molecule has 0 saturated heterocycles. The van der Waals surface area contributed by atoms with Crippen LogP contribution in [0.5, 0.6) is 0 Å². The molecule has 24 heavy (non-hydrogen) atoms. The first-order valence-electron chi connectivity index (χ1n) is 8.04. The first kappa shape index (κ1) is 16.0. The number of carbonyl (C=O) groups excluding carboxylic acids is 1. The molecule has 3 rings (SSSR count). The maximum absolute atomic E-state index is 11.9. The summed E-state index contributed by atoms with van der Waals surface area (Å²) < 4.78 is 4.86. The number of esters is 1. The lowest BCUT2D eigenvalue weighted by atomic mass is 9.93. The van der Waals surface area contributed by atoms with Crippen LogP contribution in [0.4, 0.5) is 0 Å². The molecule has 0 N–H and O–H groups in total. The van der Waals surface area contributed by atoms with Gasteiger partial charge in [-0.05, 0) is 47.2 Å². The van der Waals surface area contributed by atoms with Crippen molar-refractivity contribution in [2.45, 2.75) is 12.8 Å². The van der Waals surface area contributed by atoms with Gasteiger partial charge in [0.15, 0.2) is 0 Å². The van der Waals surface area contributed by atoms with Crippen LogP contribution in [0.2, 0.25) is 0 Å². The molecule has 0 aromatic heterocycles. The van der Waals surface area contributed by atoms with Gasteiger partial charge in [0.25, 0.3) is 0 Å². The van der Waals surface area contributed by atoms with E-state index in [9.17, 15) is 4.79 Å². The first-order valence-corrected chi connectivity index (χ1v) is 8.04. The van der Waals surface area contributed by atoms with Gasteiger partial charge in [-0.15, -0.1) is 0 Å². The normalized spacial score (nSPS) is 10.4. The van der Waals surface area contributed by atoms with Gasteiger partial charge >= 0.3 is 5.97 Å². The smallest absolute Gasteiger partial charge is 0.337 e. The Bertz CT molecular complexity index is 808. The highest BCUT2D eigenvalue weighted by atomic mass is 16.5. The van der Waals surface area contributed by atoms with Crippen molar-refractivity contribution in [2.75, 3.05) is 7.11 Å². The zero-order valence-electron chi connectivity index (χ0n) is 13.7. The molecule has 0 aliphatic rings. The Labute approximate surface area is 142 Å². The Morgan fingerprint density at radius 1 is 0.750 bits per heavy atom. The number of ether oxygens (including phenoxy) is 1. The van der Waals surface area contributed by atoms with Gasteiger partial charge in [0, 0.05) is 0 Å². The Balaban J connectivity index is 1.95. The summed E-state index contributed by atoms with van der Waals surface area (Å²) in [5, 5.41) is 0. The highest BCUT2D eigenvalue weighted by molar-refractivity contribution is 5.89. The summed E-state index contributed by atoms with van der Waals surface area (Å²) in [6.45, 7) is 0. The SMILES string of the molecule is COC(=O)c1ccc(Cc2ccccc2)c(Cc2ccccc2)c1. The molecule has 0 bridgehead atoms. The molecule has 0 aliphatic carbocycles. The summed E-state index contributed by atoms with van der Waals surface area (Å²) in [5.41, 5.74) is 5.48. The second-order valence-electron chi connectivity index (χ2n) is 5.80. The van der Waals surface area contributed by atoms with Crippen LogP contribution in [0.1, 0.15) is 32.6 Å². The molecule has 0 radical (unpaired) electrons. The lowest BCUT2D eigenvalue weighted by molar-refractivity contribution is 0.0600. The molecule has 2 heteroatoms. The summed E-state index contributed by atoms with van der Waals surface area (Å²) in [6, 6.07) is 26.5. The van der Waals surface area contributed by atoms with Gasteiger partial charge in [0.2, 0.25) is 0 Å². The average molecular weight is 316 g/mol. The van der Waals surface area contributed by atoms with Crippen molar-refractivity contribution in [1.82, 2.24) is 0 Å². The Morgan fingerprint density at radius 3 is 1.83 bits per heavy atom. The lowest BCUT2D eigenvalue weighted by Gasteiger charge is -2.12. The zero-order valence-corrected chi connectivity index (χ0v) is 13.7. The fourth-order valence-corrected chi connectivity index (χ4v) is 2.84. The molecule has 0 fully saturated rings. The molecule has 0 atom stereocenters. The van der Waals surface area contributed by atoms with E-state index in [2.05, 4.69) is 36.4 Å². The van der Waals surface area contributed by atoms with Crippen molar-refractivity contribution < 1.29 is 9.53 Å². The molecule has 3 aromatic carbocycles. The van der Waals surface area contributed by atoms with E-state index < -0.39 is 0 Å². The third-order valence-electron chi connectivity index (χ3n) is 4.10. The van der Waals surface area contributed by atoms with Crippen molar-refractivity contribution in [2.24, 2.45) is 0 Å². The maximum Gasteiger partial charge on any atom is 0.337 e. The van der Waals surface area contributed by atoms with E-state index >= 15 is 0 Å². The predicted molar refractivity (Wildman–Crippen MR) is 96.3 cm³/mol. The molecule has 0 saturated carbocycles. The van der Waals surface area contributed by atoms with E-state index in [-0.39, 0.29) is 5.97 Å². The van der Waals surface area contributed by atoms with Gasteiger partial charge in [0.1, 0.15) is 0 Å².